The normalized spacial score (nSPS) is 20.5. The molecule has 0 saturated carbocycles. The van der Waals surface area contributed by atoms with Gasteiger partial charge in [-0.1, -0.05) is 6.07 Å². The second-order valence-corrected chi connectivity index (χ2v) is 9.90. The van der Waals surface area contributed by atoms with E-state index < -0.39 is 18.3 Å². The van der Waals surface area contributed by atoms with Gasteiger partial charge in [-0.3, -0.25) is 0 Å². The molecular formula is C21H27F3IN3O2. The van der Waals surface area contributed by atoms with E-state index in [0.29, 0.717) is 15.8 Å². The Kier molecular flexibility index (Phi) is 6.50. The molecule has 1 aromatic carbocycles. The number of amides is 1. The van der Waals surface area contributed by atoms with Gasteiger partial charge in [0, 0.05) is 29.7 Å². The molecule has 1 aliphatic rings. The fourth-order valence-electron chi connectivity index (χ4n) is 3.83. The second-order valence-electron chi connectivity index (χ2n) is 8.80. The maximum absolute atomic E-state index is 13.0. The van der Waals surface area contributed by atoms with Crippen LogP contribution in [0.15, 0.2) is 24.3 Å². The number of alkyl halides is 3. The van der Waals surface area contributed by atoms with Crippen molar-refractivity contribution in [3.8, 4) is 0 Å². The minimum absolute atomic E-state index is 0.000247. The topological polar surface area (TPSA) is 46.5 Å². The van der Waals surface area contributed by atoms with Crippen LogP contribution in [-0.2, 0) is 11.3 Å². The Hall–Kier alpha value is -1.65. The zero-order valence-corrected chi connectivity index (χ0v) is 19.7. The van der Waals surface area contributed by atoms with Crippen LogP contribution in [0.5, 0.6) is 0 Å². The fourth-order valence-corrected chi connectivity index (χ4v) is 4.57. The molecule has 2 aromatic rings. The molecule has 0 aliphatic carbocycles. The van der Waals surface area contributed by atoms with Crippen molar-refractivity contribution in [2.24, 2.45) is 0 Å². The molecule has 1 N–H and O–H groups in total. The molecular weight excluding hydrogens is 510 g/mol. The number of piperidine rings is 1. The van der Waals surface area contributed by atoms with E-state index in [4.69, 9.17) is 4.74 Å². The van der Waals surface area contributed by atoms with Crippen molar-refractivity contribution in [1.82, 2.24) is 9.47 Å². The van der Waals surface area contributed by atoms with Crippen molar-refractivity contribution >= 4 is 45.3 Å². The van der Waals surface area contributed by atoms with Gasteiger partial charge in [0.05, 0.1) is 9.22 Å². The molecule has 5 nitrogen and oxygen atoms in total. The Bertz CT molecular complexity index is 921. The molecule has 1 fully saturated rings. The van der Waals surface area contributed by atoms with E-state index >= 15 is 0 Å². The molecule has 0 spiro atoms. The van der Waals surface area contributed by atoms with Gasteiger partial charge in [0.25, 0.3) is 0 Å². The fraction of sp³-hybridized carbons (Fsp3) is 0.571. The van der Waals surface area contributed by atoms with E-state index in [9.17, 15) is 18.0 Å². The molecule has 2 atom stereocenters. The quantitative estimate of drug-likeness (QED) is 0.489. The van der Waals surface area contributed by atoms with Crippen LogP contribution < -0.4 is 5.32 Å². The van der Waals surface area contributed by atoms with Crippen LogP contribution in [0.3, 0.4) is 0 Å². The number of benzene rings is 1. The highest BCUT2D eigenvalue weighted by Crippen LogP contribution is 2.32. The molecule has 1 aliphatic heterocycles. The number of carbonyl (C=O) groups excluding carboxylic acids is 1. The minimum Gasteiger partial charge on any atom is -0.444 e. The van der Waals surface area contributed by atoms with E-state index in [1.165, 1.54) is 4.57 Å². The van der Waals surface area contributed by atoms with E-state index in [-0.39, 0.29) is 18.2 Å². The summed E-state index contributed by atoms with van der Waals surface area (Å²) in [5.41, 5.74) is 0.831. The lowest BCUT2D eigenvalue weighted by Crippen LogP contribution is -2.49. The van der Waals surface area contributed by atoms with Crippen molar-refractivity contribution in [3.63, 3.8) is 0 Å². The molecule has 2 heterocycles. The maximum atomic E-state index is 13.0. The van der Waals surface area contributed by atoms with Gasteiger partial charge < -0.3 is 19.5 Å². The number of fused-ring (bicyclic) bond motifs is 1. The highest BCUT2D eigenvalue weighted by atomic mass is 127. The highest BCUT2D eigenvalue weighted by Gasteiger charge is 2.32. The third-order valence-electron chi connectivity index (χ3n) is 5.10. The van der Waals surface area contributed by atoms with Crippen LogP contribution in [0.2, 0.25) is 0 Å². The summed E-state index contributed by atoms with van der Waals surface area (Å²) < 4.78 is 46.2. The first kappa shape index (κ1) is 23.0. The Labute approximate surface area is 188 Å². The van der Waals surface area contributed by atoms with Gasteiger partial charge in [-0.05, 0) is 81.3 Å². The Morgan fingerprint density at radius 3 is 2.60 bits per heavy atom. The Balaban J connectivity index is 1.73. The number of hydrogen-bond acceptors (Lipinski definition) is 3. The number of rotatable bonds is 3. The molecule has 0 bridgehead atoms. The van der Waals surface area contributed by atoms with Gasteiger partial charge in [-0.2, -0.15) is 13.2 Å². The lowest BCUT2D eigenvalue weighted by Gasteiger charge is -2.39. The Morgan fingerprint density at radius 2 is 2.00 bits per heavy atom. The average molecular weight is 537 g/mol. The summed E-state index contributed by atoms with van der Waals surface area (Å²) in [4.78, 5) is 14.1. The van der Waals surface area contributed by atoms with Gasteiger partial charge in [0.15, 0.2) is 0 Å². The number of aromatic nitrogens is 1. The van der Waals surface area contributed by atoms with Gasteiger partial charge in [-0.25, -0.2) is 4.79 Å². The minimum atomic E-state index is -4.28. The third kappa shape index (κ3) is 5.53. The van der Waals surface area contributed by atoms with Gasteiger partial charge in [0.1, 0.15) is 12.1 Å². The van der Waals surface area contributed by atoms with Crippen molar-refractivity contribution < 1.29 is 22.7 Å². The summed E-state index contributed by atoms with van der Waals surface area (Å²) in [6, 6.07) is 7.27. The highest BCUT2D eigenvalue weighted by molar-refractivity contribution is 14.1. The number of likely N-dealkylation sites (tertiary alicyclic amines) is 1. The molecule has 2 unspecified atom stereocenters. The van der Waals surface area contributed by atoms with Crippen LogP contribution in [0.4, 0.5) is 23.7 Å². The van der Waals surface area contributed by atoms with Gasteiger partial charge in [0.2, 0.25) is 0 Å². The summed E-state index contributed by atoms with van der Waals surface area (Å²) in [6.45, 7) is 7.07. The third-order valence-corrected chi connectivity index (χ3v) is 5.99. The second kappa shape index (κ2) is 8.47. The number of ether oxygens (including phenoxy) is 1. The molecule has 1 saturated heterocycles. The largest absolute Gasteiger partial charge is 0.444 e. The molecule has 166 valence electrons. The lowest BCUT2D eigenvalue weighted by molar-refractivity contribution is -0.140. The van der Waals surface area contributed by atoms with Crippen LogP contribution in [0, 0.1) is 3.70 Å². The van der Waals surface area contributed by atoms with Crippen LogP contribution >= 0.6 is 22.6 Å². The summed E-state index contributed by atoms with van der Waals surface area (Å²) in [5.74, 6) is 0. The zero-order valence-electron chi connectivity index (χ0n) is 17.5. The van der Waals surface area contributed by atoms with E-state index in [2.05, 4.69) is 5.32 Å². The van der Waals surface area contributed by atoms with Crippen molar-refractivity contribution in [1.29, 1.82) is 0 Å². The maximum Gasteiger partial charge on any atom is 0.410 e. The van der Waals surface area contributed by atoms with Crippen LogP contribution in [0.25, 0.3) is 10.9 Å². The van der Waals surface area contributed by atoms with Crippen molar-refractivity contribution in [2.45, 2.75) is 70.9 Å². The molecule has 9 heteroatoms. The van der Waals surface area contributed by atoms with Crippen LogP contribution in [-0.4, -0.2) is 46.0 Å². The summed E-state index contributed by atoms with van der Waals surface area (Å²) in [5, 5.41) is 4.26. The first-order valence-corrected chi connectivity index (χ1v) is 11.0. The predicted octanol–water partition coefficient (Wildman–Crippen LogP) is 6.01. The molecule has 30 heavy (non-hydrogen) atoms. The molecule has 0 radical (unpaired) electrons. The molecule has 1 amide bonds. The number of carbonyl (C=O) groups is 1. The van der Waals surface area contributed by atoms with E-state index in [0.717, 1.165) is 23.9 Å². The summed E-state index contributed by atoms with van der Waals surface area (Å²) >= 11 is 1.94. The number of hydrogen-bond donors (Lipinski definition) is 1. The van der Waals surface area contributed by atoms with E-state index in [1.54, 1.807) is 23.1 Å². The first-order chi connectivity index (χ1) is 13.8. The standard InChI is InChI=1S/C21H27F3IN3O2/c1-13-10-14(8-9-27(13)19(29)30-20(2,3)4)26-16-6-5-7-17-15(16)11-18(25)28(17)12-21(22,23)24/h5-7,11,13-14,26H,8-10,12H2,1-4H3. The van der Waals surface area contributed by atoms with Crippen molar-refractivity contribution in [2.75, 3.05) is 11.9 Å². The summed E-state index contributed by atoms with van der Waals surface area (Å²) in [6.07, 6.45) is -3.12. The molecule has 1 aromatic heterocycles. The zero-order chi connectivity index (χ0) is 22.3. The number of nitrogens with zero attached hydrogens (tertiary/aromatic N) is 2. The van der Waals surface area contributed by atoms with Gasteiger partial charge in [-0.15, -0.1) is 0 Å². The monoisotopic (exact) mass is 537 g/mol. The smallest absolute Gasteiger partial charge is 0.410 e. The predicted molar refractivity (Wildman–Crippen MR) is 120 cm³/mol. The van der Waals surface area contributed by atoms with Crippen LogP contribution in [0.1, 0.15) is 40.5 Å². The number of nitrogens with one attached hydrogen (secondary N) is 1. The van der Waals surface area contributed by atoms with E-state index in [1.807, 2.05) is 56.4 Å². The van der Waals surface area contributed by atoms with Gasteiger partial charge >= 0.3 is 12.3 Å². The first-order valence-electron chi connectivity index (χ1n) is 9.95. The molecule has 3 rings (SSSR count). The summed E-state index contributed by atoms with van der Waals surface area (Å²) in [7, 11) is 0. The Morgan fingerprint density at radius 1 is 1.30 bits per heavy atom. The van der Waals surface area contributed by atoms with Crippen molar-refractivity contribution in [3.05, 3.63) is 28.0 Å². The number of halogens is 4. The number of anilines is 1. The SMILES string of the molecule is CC1CC(Nc2cccc3c2cc(I)n3CC(F)(F)F)CCN1C(=O)OC(C)(C)C. The lowest BCUT2D eigenvalue weighted by atomic mass is 9.98. The average Bonchev–Trinajstić information content (AvgIpc) is 2.89.